The molecule has 19 heavy (non-hydrogen) atoms. The summed E-state index contributed by atoms with van der Waals surface area (Å²) in [4.78, 5) is 4.62. The molecular weight excluding hydrogens is 256 g/mol. The first-order valence-electron chi connectivity index (χ1n) is 7.53. The molecule has 1 saturated carbocycles. The quantitative estimate of drug-likeness (QED) is 0.774. The number of hydrogen-bond acceptors (Lipinski definition) is 4. The van der Waals surface area contributed by atoms with Crippen molar-refractivity contribution in [2.75, 3.05) is 6.54 Å². The molecule has 1 aliphatic rings. The van der Waals surface area contributed by atoms with Gasteiger partial charge in [0.1, 0.15) is 5.01 Å². The van der Waals surface area contributed by atoms with E-state index in [0.29, 0.717) is 12.7 Å². The summed E-state index contributed by atoms with van der Waals surface area (Å²) >= 11 is 1.73. The van der Waals surface area contributed by atoms with Crippen LogP contribution in [0.4, 0.5) is 0 Å². The highest BCUT2D eigenvalue weighted by molar-refractivity contribution is 7.09. The van der Waals surface area contributed by atoms with Gasteiger partial charge in [-0.15, -0.1) is 11.3 Å². The second kappa shape index (κ2) is 7.98. The summed E-state index contributed by atoms with van der Waals surface area (Å²) in [5.74, 6) is 0.822. The molecule has 2 unspecified atom stereocenters. The molecular formula is C15H26N2OS. The van der Waals surface area contributed by atoms with E-state index in [2.05, 4.69) is 29.5 Å². The highest BCUT2D eigenvalue weighted by Crippen LogP contribution is 2.26. The minimum Gasteiger partial charge on any atom is -0.372 e. The Morgan fingerprint density at radius 2 is 2.37 bits per heavy atom. The van der Waals surface area contributed by atoms with E-state index in [9.17, 15) is 0 Å². The van der Waals surface area contributed by atoms with Gasteiger partial charge in [0.05, 0.1) is 18.4 Å². The number of hydrogen-bond donors (Lipinski definition) is 1. The first-order valence-corrected chi connectivity index (χ1v) is 8.41. The summed E-state index contributed by atoms with van der Waals surface area (Å²) in [7, 11) is 0. The molecule has 0 amide bonds. The van der Waals surface area contributed by atoms with Crippen LogP contribution in [0.2, 0.25) is 0 Å². The third-order valence-electron chi connectivity index (χ3n) is 3.66. The molecule has 108 valence electrons. The maximum Gasteiger partial charge on any atom is 0.107 e. The lowest BCUT2D eigenvalue weighted by atomic mass is 9.89. The summed E-state index contributed by atoms with van der Waals surface area (Å²) in [6, 6.07) is 0. The van der Waals surface area contributed by atoms with Crippen molar-refractivity contribution in [3.63, 3.8) is 0 Å². The molecule has 1 aromatic heterocycles. The number of nitrogens with zero attached hydrogens (tertiary/aromatic N) is 1. The van der Waals surface area contributed by atoms with Gasteiger partial charge >= 0.3 is 0 Å². The van der Waals surface area contributed by atoms with Crippen molar-refractivity contribution < 1.29 is 4.74 Å². The molecule has 1 N–H and O–H groups in total. The number of ether oxygens (including phenoxy) is 1. The fraction of sp³-hybridized carbons (Fsp3) is 0.800. The molecule has 0 saturated heterocycles. The number of rotatable bonds is 7. The monoisotopic (exact) mass is 282 g/mol. The Hall–Kier alpha value is -0.450. The molecule has 1 heterocycles. The molecule has 0 radical (unpaired) electrons. The molecule has 2 rings (SSSR count). The van der Waals surface area contributed by atoms with Gasteiger partial charge in [0, 0.05) is 11.9 Å². The van der Waals surface area contributed by atoms with Crippen LogP contribution < -0.4 is 5.32 Å². The van der Waals surface area contributed by atoms with Crippen LogP contribution in [0.3, 0.4) is 0 Å². The predicted octanol–water partition coefficient (Wildman–Crippen LogP) is 3.74. The smallest absolute Gasteiger partial charge is 0.107 e. The Bertz CT molecular complexity index is 367. The van der Waals surface area contributed by atoms with E-state index < -0.39 is 0 Å². The van der Waals surface area contributed by atoms with Crippen LogP contribution in [0.25, 0.3) is 0 Å². The van der Waals surface area contributed by atoms with Crippen LogP contribution >= 0.6 is 11.3 Å². The number of nitrogens with one attached hydrogen (secondary N) is 1. The summed E-state index contributed by atoms with van der Waals surface area (Å²) < 4.78 is 6.00. The lowest BCUT2D eigenvalue weighted by Crippen LogP contribution is -2.21. The highest BCUT2D eigenvalue weighted by atomic mass is 32.1. The third-order valence-corrected chi connectivity index (χ3v) is 4.56. The maximum atomic E-state index is 6.00. The van der Waals surface area contributed by atoms with Crippen LogP contribution in [0.15, 0.2) is 5.38 Å². The zero-order valence-corrected chi connectivity index (χ0v) is 13.0. The van der Waals surface area contributed by atoms with E-state index in [1.807, 2.05) is 0 Å². The van der Waals surface area contributed by atoms with Crippen molar-refractivity contribution in [1.82, 2.24) is 10.3 Å². The summed E-state index contributed by atoms with van der Waals surface area (Å²) in [6.45, 7) is 7.14. The van der Waals surface area contributed by atoms with Gasteiger partial charge < -0.3 is 10.1 Å². The molecule has 2 atom stereocenters. The minimum atomic E-state index is 0.451. The van der Waals surface area contributed by atoms with Crippen LogP contribution in [0, 0.1) is 5.92 Å². The zero-order chi connectivity index (χ0) is 13.5. The Morgan fingerprint density at radius 1 is 1.47 bits per heavy atom. The molecule has 4 heteroatoms. The second-order valence-electron chi connectivity index (χ2n) is 5.61. The Balaban J connectivity index is 1.70. The van der Waals surface area contributed by atoms with Gasteiger partial charge in [-0.05, 0) is 31.7 Å². The largest absolute Gasteiger partial charge is 0.372 e. The van der Waals surface area contributed by atoms with Crippen molar-refractivity contribution in [3.05, 3.63) is 16.1 Å². The van der Waals surface area contributed by atoms with E-state index in [-0.39, 0.29) is 0 Å². The molecule has 0 aromatic carbocycles. The fourth-order valence-corrected chi connectivity index (χ4v) is 3.35. The van der Waals surface area contributed by atoms with Crippen LogP contribution in [0.1, 0.15) is 56.7 Å². The first kappa shape index (κ1) is 14.9. The van der Waals surface area contributed by atoms with Gasteiger partial charge in [-0.3, -0.25) is 0 Å². The molecule has 1 aliphatic carbocycles. The van der Waals surface area contributed by atoms with E-state index in [1.165, 1.54) is 37.1 Å². The van der Waals surface area contributed by atoms with Crippen LogP contribution in [0.5, 0.6) is 0 Å². The average molecular weight is 282 g/mol. The number of thiazole rings is 1. The van der Waals surface area contributed by atoms with E-state index in [0.717, 1.165) is 24.7 Å². The summed E-state index contributed by atoms with van der Waals surface area (Å²) in [6.07, 6.45) is 6.74. The van der Waals surface area contributed by atoms with Gasteiger partial charge in [0.2, 0.25) is 0 Å². The molecule has 0 bridgehead atoms. The molecule has 1 fully saturated rings. The van der Waals surface area contributed by atoms with E-state index >= 15 is 0 Å². The predicted molar refractivity (Wildman–Crippen MR) is 80.3 cm³/mol. The normalized spacial score (nSPS) is 23.7. The SMILES string of the molecule is CCCNCc1nc(COC2CCCC(C)C2)cs1. The zero-order valence-electron chi connectivity index (χ0n) is 12.2. The summed E-state index contributed by atoms with van der Waals surface area (Å²) in [5, 5.41) is 6.69. The second-order valence-corrected chi connectivity index (χ2v) is 6.56. The first-order chi connectivity index (χ1) is 9.28. The molecule has 1 aromatic rings. The number of aromatic nitrogens is 1. The van der Waals surface area contributed by atoms with Gasteiger partial charge in [0.15, 0.2) is 0 Å². The van der Waals surface area contributed by atoms with Crippen LogP contribution in [-0.4, -0.2) is 17.6 Å². The third kappa shape index (κ3) is 5.21. The average Bonchev–Trinajstić information content (AvgIpc) is 2.85. The lowest BCUT2D eigenvalue weighted by molar-refractivity contribution is 0.00336. The van der Waals surface area contributed by atoms with Gasteiger partial charge in [-0.25, -0.2) is 4.98 Å². The highest BCUT2D eigenvalue weighted by Gasteiger charge is 2.19. The lowest BCUT2D eigenvalue weighted by Gasteiger charge is -2.26. The standard InChI is InChI=1S/C15H26N2OS/c1-3-7-16-9-15-17-13(11-19-15)10-18-14-6-4-5-12(2)8-14/h11-12,14,16H,3-10H2,1-2H3. The maximum absolute atomic E-state index is 6.00. The minimum absolute atomic E-state index is 0.451. The fourth-order valence-electron chi connectivity index (χ4n) is 2.60. The van der Waals surface area contributed by atoms with E-state index in [1.54, 1.807) is 11.3 Å². The van der Waals surface area contributed by atoms with Crippen molar-refractivity contribution in [2.45, 2.75) is 65.2 Å². The van der Waals surface area contributed by atoms with Gasteiger partial charge in [0.25, 0.3) is 0 Å². The molecule has 3 nitrogen and oxygen atoms in total. The Kier molecular flexibility index (Phi) is 6.28. The van der Waals surface area contributed by atoms with Crippen LogP contribution in [-0.2, 0) is 17.9 Å². The van der Waals surface area contributed by atoms with Gasteiger partial charge in [-0.2, -0.15) is 0 Å². The van der Waals surface area contributed by atoms with E-state index in [4.69, 9.17) is 4.74 Å². The van der Waals surface area contributed by atoms with Crippen molar-refractivity contribution in [1.29, 1.82) is 0 Å². The molecule has 0 spiro atoms. The van der Waals surface area contributed by atoms with Gasteiger partial charge in [-0.1, -0.05) is 26.7 Å². The Morgan fingerprint density at radius 3 is 3.16 bits per heavy atom. The topological polar surface area (TPSA) is 34.2 Å². The molecule has 0 aliphatic heterocycles. The Labute approximate surface area is 120 Å². The summed E-state index contributed by atoms with van der Waals surface area (Å²) in [5.41, 5.74) is 1.09. The van der Waals surface area contributed by atoms with Crippen molar-refractivity contribution in [2.24, 2.45) is 5.92 Å². The van der Waals surface area contributed by atoms with Crippen molar-refractivity contribution in [3.8, 4) is 0 Å². The van der Waals surface area contributed by atoms with Crippen molar-refractivity contribution >= 4 is 11.3 Å².